The lowest BCUT2D eigenvalue weighted by molar-refractivity contribution is 0.669. The van der Waals surface area contributed by atoms with Gasteiger partial charge in [0.1, 0.15) is 11.2 Å². The van der Waals surface area contributed by atoms with Crippen molar-refractivity contribution in [2.75, 3.05) is 0 Å². The average Bonchev–Trinajstić information content (AvgIpc) is 3.47. The van der Waals surface area contributed by atoms with E-state index in [-0.39, 0.29) is 0 Å². The Bertz CT molecular complexity index is 1840. The summed E-state index contributed by atoms with van der Waals surface area (Å²) in [5.74, 6) is 0. The summed E-state index contributed by atoms with van der Waals surface area (Å²) >= 11 is 6.67. The average molecular weight is 455 g/mol. The molecule has 1 heterocycles. The minimum Gasteiger partial charge on any atom is -0.455 e. The van der Waals surface area contributed by atoms with Crippen molar-refractivity contribution in [1.29, 1.82) is 0 Å². The highest BCUT2D eigenvalue weighted by Crippen LogP contribution is 2.64. The van der Waals surface area contributed by atoms with Gasteiger partial charge >= 0.3 is 0 Å². The Morgan fingerprint density at radius 2 is 1.38 bits per heavy atom. The highest BCUT2D eigenvalue weighted by atomic mass is 35.5. The molecule has 0 radical (unpaired) electrons. The molecule has 2 aliphatic carbocycles. The van der Waals surface area contributed by atoms with Gasteiger partial charge in [0.05, 0.1) is 5.41 Å². The van der Waals surface area contributed by atoms with Crippen molar-refractivity contribution in [2.24, 2.45) is 0 Å². The Labute approximate surface area is 202 Å². The van der Waals surface area contributed by atoms with Gasteiger partial charge in [-0.25, -0.2) is 0 Å². The largest absolute Gasteiger partial charge is 0.455 e. The molecule has 1 aromatic heterocycles. The van der Waals surface area contributed by atoms with Gasteiger partial charge in [-0.3, -0.25) is 0 Å². The maximum absolute atomic E-state index is 6.67. The van der Waals surface area contributed by atoms with E-state index >= 15 is 0 Å². The van der Waals surface area contributed by atoms with Gasteiger partial charge in [0.2, 0.25) is 0 Å². The van der Waals surface area contributed by atoms with Crippen molar-refractivity contribution in [1.82, 2.24) is 0 Å². The van der Waals surface area contributed by atoms with Crippen LogP contribution in [0.4, 0.5) is 0 Å². The molecule has 1 atom stereocenters. The SMILES string of the molecule is Cc1ccc2c(c1)C1(c3ccccc3-2)c2cc(Cl)ccc2-c2c1ccc1c2oc2ccccc21. The minimum atomic E-state index is -0.416. The molecule has 0 saturated carbocycles. The van der Waals surface area contributed by atoms with Crippen LogP contribution < -0.4 is 0 Å². The van der Waals surface area contributed by atoms with Crippen molar-refractivity contribution in [2.45, 2.75) is 12.3 Å². The van der Waals surface area contributed by atoms with Crippen LogP contribution in [0.25, 0.3) is 44.2 Å². The van der Waals surface area contributed by atoms with Crippen LogP contribution >= 0.6 is 11.6 Å². The highest BCUT2D eigenvalue weighted by molar-refractivity contribution is 6.31. The Balaban J connectivity index is 1.63. The summed E-state index contributed by atoms with van der Waals surface area (Å²) in [6.45, 7) is 2.17. The number of hydrogen-bond donors (Lipinski definition) is 0. The molecule has 2 heteroatoms. The molecule has 6 aromatic rings. The molecule has 0 amide bonds. The zero-order valence-electron chi connectivity index (χ0n) is 18.5. The molecule has 0 aliphatic heterocycles. The fourth-order valence-electron chi connectivity index (χ4n) is 6.53. The minimum absolute atomic E-state index is 0.416. The molecular weight excluding hydrogens is 436 g/mol. The topological polar surface area (TPSA) is 13.1 Å². The quantitative estimate of drug-likeness (QED) is 0.223. The number of benzene rings is 5. The molecule has 0 fully saturated rings. The van der Waals surface area contributed by atoms with Crippen molar-refractivity contribution < 1.29 is 4.42 Å². The summed E-state index contributed by atoms with van der Waals surface area (Å²) in [5.41, 5.74) is 12.8. The predicted octanol–water partition coefficient (Wildman–Crippen LogP) is 8.89. The van der Waals surface area contributed by atoms with Crippen molar-refractivity contribution in [3.63, 3.8) is 0 Å². The van der Waals surface area contributed by atoms with E-state index in [4.69, 9.17) is 16.0 Å². The Hall–Kier alpha value is -3.81. The number of furan rings is 1. The number of halogens is 1. The van der Waals surface area contributed by atoms with E-state index in [1.807, 2.05) is 12.1 Å². The maximum Gasteiger partial charge on any atom is 0.143 e. The molecule has 5 aromatic carbocycles. The molecule has 160 valence electrons. The zero-order chi connectivity index (χ0) is 22.6. The zero-order valence-corrected chi connectivity index (χ0v) is 19.3. The third-order valence-electron chi connectivity index (χ3n) is 7.81. The smallest absolute Gasteiger partial charge is 0.143 e. The molecule has 8 rings (SSSR count). The summed E-state index contributed by atoms with van der Waals surface area (Å²) in [6, 6.07) is 34.9. The molecule has 1 nitrogen and oxygen atoms in total. The van der Waals surface area contributed by atoms with E-state index in [0.29, 0.717) is 0 Å². The second-order valence-electron chi connectivity index (χ2n) is 9.50. The van der Waals surface area contributed by atoms with Gasteiger partial charge in [0, 0.05) is 21.4 Å². The van der Waals surface area contributed by atoms with Gasteiger partial charge in [-0.1, -0.05) is 96.0 Å². The Morgan fingerprint density at radius 3 is 2.32 bits per heavy atom. The normalized spacial score (nSPS) is 17.2. The summed E-state index contributed by atoms with van der Waals surface area (Å²) in [7, 11) is 0. The van der Waals surface area contributed by atoms with Gasteiger partial charge in [-0.05, 0) is 64.1 Å². The van der Waals surface area contributed by atoms with E-state index < -0.39 is 5.41 Å². The van der Waals surface area contributed by atoms with Crippen LogP contribution in [0.5, 0.6) is 0 Å². The maximum atomic E-state index is 6.67. The standard InChI is InChI=1S/C32H19ClO/c1-18-10-12-21-20-6-2-4-8-25(20)32(27(21)16-18)26-15-14-23-22-7-3-5-9-29(22)34-31(23)30(26)24-13-11-19(33)17-28(24)32/h2-17H,1H3. The van der Waals surface area contributed by atoms with Gasteiger partial charge in [-0.2, -0.15) is 0 Å². The molecule has 2 aliphatic rings. The molecule has 0 N–H and O–H groups in total. The van der Waals surface area contributed by atoms with E-state index in [1.54, 1.807) is 0 Å². The number of para-hydroxylation sites is 1. The van der Waals surface area contributed by atoms with Crippen LogP contribution in [-0.2, 0) is 5.41 Å². The number of fused-ring (bicyclic) bond motifs is 14. The van der Waals surface area contributed by atoms with E-state index in [9.17, 15) is 0 Å². The van der Waals surface area contributed by atoms with Gasteiger partial charge in [0.15, 0.2) is 0 Å². The first-order chi connectivity index (χ1) is 16.7. The molecule has 1 spiro atoms. The lowest BCUT2D eigenvalue weighted by Crippen LogP contribution is -2.26. The van der Waals surface area contributed by atoms with Crippen molar-refractivity contribution in [3.8, 4) is 22.3 Å². The van der Waals surface area contributed by atoms with Crippen molar-refractivity contribution >= 4 is 33.5 Å². The number of aryl methyl sites for hydroxylation is 1. The van der Waals surface area contributed by atoms with Crippen LogP contribution in [0, 0.1) is 6.92 Å². The lowest BCUT2D eigenvalue weighted by atomic mass is 9.70. The number of rotatable bonds is 0. The molecule has 1 unspecified atom stereocenters. The molecular formula is C32H19ClO. The molecule has 34 heavy (non-hydrogen) atoms. The van der Waals surface area contributed by atoms with E-state index in [0.717, 1.165) is 27.0 Å². The second-order valence-corrected chi connectivity index (χ2v) is 9.93. The monoisotopic (exact) mass is 454 g/mol. The summed E-state index contributed by atoms with van der Waals surface area (Å²) in [6.07, 6.45) is 0. The third-order valence-corrected chi connectivity index (χ3v) is 8.04. The first kappa shape index (κ1) is 18.6. The summed E-state index contributed by atoms with van der Waals surface area (Å²) < 4.78 is 6.55. The van der Waals surface area contributed by atoms with E-state index in [2.05, 4.69) is 91.9 Å². The lowest BCUT2D eigenvalue weighted by Gasteiger charge is -2.30. The third kappa shape index (κ3) is 2.04. The highest BCUT2D eigenvalue weighted by Gasteiger charge is 2.52. The second kappa shape index (κ2) is 6.20. The van der Waals surface area contributed by atoms with Crippen LogP contribution in [-0.4, -0.2) is 0 Å². The van der Waals surface area contributed by atoms with Crippen molar-refractivity contribution in [3.05, 3.63) is 130 Å². The Morgan fingerprint density at radius 1 is 0.618 bits per heavy atom. The summed E-state index contributed by atoms with van der Waals surface area (Å²) in [5, 5.41) is 3.06. The first-order valence-corrected chi connectivity index (χ1v) is 12.0. The first-order valence-electron chi connectivity index (χ1n) is 11.6. The molecule has 0 saturated heterocycles. The summed E-state index contributed by atoms with van der Waals surface area (Å²) in [4.78, 5) is 0. The van der Waals surface area contributed by atoms with Crippen LogP contribution in [0.1, 0.15) is 27.8 Å². The predicted molar refractivity (Wildman–Crippen MR) is 140 cm³/mol. The van der Waals surface area contributed by atoms with Gasteiger partial charge < -0.3 is 4.42 Å². The van der Waals surface area contributed by atoms with E-state index in [1.165, 1.54) is 50.1 Å². The fourth-order valence-corrected chi connectivity index (χ4v) is 6.70. The van der Waals surface area contributed by atoms with Crippen LogP contribution in [0.15, 0.2) is 101 Å². The number of hydrogen-bond acceptors (Lipinski definition) is 1. The van der Waals surface area contributed by atoms with Gasteiger partial charge in [-0.15, -0.1) is 0 Å². The fraction of sp³-hybridized carbons (Fsp3) is 0.0625. The van der Waals surface area contributed by atoms with Crippen LogP contribution in [0.2, 0.25) is 5.02 Å². The molecule has 0 bridgehead atoms. The Kier molecular flexibility index (Phi) is 3.39. The van der Waals surface area contributed by atoms with Gasteiger partial charge in [0.25, 0.3) is 0 Å². The van der Waals surface area contributed by atoms with Crippen LogP contribution in [0.3, 0.4) is 0 Å².